The minimum atomic E-state index is 0.623. The molecule has 0 atom stereocenters. The van der Waals surface area contributed by atoms with Crippen LogP contribution >= 0.6 is 11.3 Å². The molecule has 0 N–H and O–H groups in total. The van der Waals surface area contributed by atoms with E-state index >= 15 is 0 Å². The molecule has 0 aromatic carbocycles. The van der Waals surface area contributed by atoms with Gasteiger partial charge in [-0.2, -0.15) is 5.26 Å². The molecule has 92 valence electrons. The van der Waals surface area contributed by atoms with E-state index in [1.165, 1.54) is 29.7 Å². The fourth-order valence-electron chi connectivity index (χ4n) is 2.56. The predicted octanol–water partition coefficient (Wildman–Crippen LogP) is 2.82. The maximum Gasteiger partial charge on any atom is 0.178 e. The summed E-state index contributed by atoms with van der Waals surface area (Å²) in [5, 5.41) is 17.4. The van der Waals surface area contributed by atoms with Gasteiger partial charge in [0.05, 0.1) is 10.4 Å². The molecule has 0 unspecified atom stereocenters. The molecule has 0 bridgehead atoms. The van der Waals surface area contributed by atoms with E-state index in [0.29, 0.717) is 5.56 Å². The fourth-order valence-corrected chi connectivity index (χ4v) is 3.80. The number of fused-ring (bicyclic) bond motifs is 2. The summed E-state index contributed by atoms with van der Waals surface area (Å²) in [5.74, 6) is 0.839. The van der Waals surface area contributed by atoms with Crippen LogP contribution in [0.2, 0.25) is 0 Å². The van der Waals surface area contributed by atoms with Crippen molar-refractivity contribution < 1.29 is 0 Å². The lowest BCUT2D eigenvalue weighted by atomic mass is 10.2. The van der Waals surface area contributed by atoms with Crippen LogP contribution < -0.4 is 0 Å². The number of hydrogen-bond acceptors (Lipinski definition) is 4. The number of aryl methyl sites for hydroxylation is 2. The Labute approximate surface area is 114 Å². The molecule has 1 aliphatic rings. The predicted molar refractivity (Wildman–Crippen MR) is 73.0 cm³/mol. The summed E-state index contributed by atoms with van der Waals surface area (Å²) in [5.41, 5.74) is 2.85. The zero-order chi connectivity index (χ0) is 12.8. The smallest absolute Gasteiger partial charge is 0.178 e. The summed E-state index contributed by atoms with van der Waals surface area (Å²) in [7, 11) is 0. The van der Waals surface area contributed by atoms with E-state index in [4.69, 9.17) is 5.26 Å². The van der Waals surface area contributed by atoms with Crippen LogP contribution in [-0.2, 0) is 12.8 Å². The lowest BCUT2D eigenvalue weighted by Crippen LogP contribution is -1.89. The molecule has 1 aliphatic carbocycles. The van der Waals surface area contributed by atoms with Crippen molar-refractivity contribution in [2.75, 3.05) is 0 Å². The highest BCUT2D eigenvalue weighted by atomic mass is 32.1. The first-order valence-corrected chi connectivity index (χ1v) is 7.03. The average molecular weight is 266 g/mol. The molecule has 5 heteroatoms. The molecule has 4 rings (SSSR count). The third kappa shape index (κ3) is 1.57. The van der Waals surface area contributed by atoms with Crippen molar-refractivity contribution in [2.24, 2.45) is 0 Å². The number of nitriles is 1. The standard InChI is InChI=1S/C14H10N4S/c15-7-9-4-5-13-16-17-14(18(13)8-9)12-6-10-2-1-3-11(10)19-12/h4-6,8H,1-3H2. The third-order valence-corrected chi connectivity index (χ3v) is 4.73. The Morgan fingerprint density at radius 2 is 2.21 bits per heavy atom. The molecule has 0 saturated heterocycles. The van der Waals surface area contributed by atoms with Crippen LogP contribution in [0.5, 0.6) is 0 Å². The van der Waals surface area contributed by atoms with Crippen molar-refractivity contribution in [1.82, 2.24) is 14.6 Å². The Bertz CT molecular complexity index is 800. The first-order chi connectivity index (χ1) is 9.35. The Kier molecular flexibility index (Phi) is 2.20. The van der Waals surface area contributed by atoms with Crippen LogP contribution in [0.25, 0.3) is 16.3 Å². The summed E-state index contributed by atoms with van der Waals surface area (Å²) >= 11 is 1.80. The Balaban J connectivity index is 1.92. The highest BCUT2D eigenvalue weighted by Crippen LogP contribution is 2.35. The summed E-state index contributed by atoms with van der Waals surface area (Å²) < 4.78 is 1.90. The van der Waals surface area contributed by atoms with Crippen molar-refractivity contribution >= 4 is 17.0 Å². The molecule has 3 aromatic heterocycles. The summed E-state index contributed by atoms with van der Waals surface area (Å²) in [6.45, 7) is 0. The van der Waals surface area contributed by atoms with Gasteiger partial charge in [-0.15, -0.1) is 21.5 Å². The Morgan fingerprint density at radius 3 is 3.05 bits per heavy atom. The first kappa shape index (κ1) is 10.7. The highest BCUT2D eigenvalue weighted by Gasteiger charge is 2.18. The van der Waals surface area contributed by atoms with E-state index in [2.05, 4.69) is 22.3 Å². The second-order valence-electron chi connectivity index (χ2n) is 4.69. The van der Waals surface area contributed by atoms with Crippen LogP contribution in [0.15, 0.2) is 24.4 Å². The number of nitrogens with zero attached hydrogens (tertiary/aromatic N) is 4. The lowest BCUT2D eigenvalue weighted by Gasteiger charge is -1.97. The van der Waals surface area contributed by atoms with Crippen LogP contribution in [0.1, 0.15) is 22.4 Å². The maximum atomic E-state index is 8.99. The molecule has 0 saturated carbocycles. The number of thiophene rings is 1. The van der Waals surface area contributed by atoms with Gasteiger partial charge < -0.3 is 0 Å². The maximum absolute atomic E-state index is 8.99. The summed E-state index contributed by atoms with van der Waals surface area (Å²) in [6.07, 6.45) is 5.42. The Hall–Kier alpha value is -2.19. The van der Waals surface area contributed by atoms with Crippen LogP contribution in [0.4, 0.5) is 0 Å². The van der Waals surface area contributed by atoms with E-state index in [1.54, 1.807) is 23.6 Å². The minimum Gasteiger partial charge on any atom is -0.280 e. The quantitative estimate of drug-likeness (QED) is 0.680. The van der Waals surface area contributed by atoms with Gasteiger partial charge in [0.15, 0.2) is 11.5 Å². The molecule has 0 radical (unpaired) electrons. The van der Waals surface area contributed by atoms with Gasteiger partial charge in [0, 0.05) is 11.1 Å². The van der Waals surface area contributed by atoms with Gasteiger partial charge in [-0.3, -0.25) is 4.40 Å². The molecular formula is C14H10N4S. The molecule has 3 aromatic rings. The number of pyridine rings is 1. The highest BCUT2D eigenvalue weighted by molar-refractivity contribution is 7.15. The molecule has 19 heavy (non-hydrogen) atoms. The zero-order valence-corrected chi connectivity index (χ0v) is 10.9. The van der Waals surface area contributed by atoms with Crippen molar-refractivity contribution in [3.8, 4) is 16.8 Å². The fraction of sp³-hybridized carbons (Fsp3) is 0.214. The number of rotatable bonds is 1. The van der Waals surface area contributed by atoms with Crippen molar-refractivity contribution in [3.05, 3.63) is 40.4 Å². The van der Waals surface area contributed by atoms with E-state index in [0.717, 1.165) is 16.3 Å². The van der Waals surface area contributed by atoms with Crippen molar-refractivity contribution in [3.63, 3.8) is 0 Å². The second kappa shape index (κ2) is 3.90. The third-order valence-electron chi connectivity index (χ3n) is 3.50. The SMILES string of the molecule is N#Cc1ccc2nnc(-c3cc4c(s3)CCC4)n2c1. The largest absolute Gasteiger partial charge is 0.280 e. The van der Waals surface area contributed by atoms with Crippen molar-refractivity contribution in [2.45, 2.75) is 19.3 Å². The first-order valence-electron chi connectivity index (χ1n) is 6.22. The van der Waals surface area contributed by atoms with E-state index in [1.807, 2.05) is 10.5 Å². The molecule has 4 nitrogen and oxygen atoms in total. The van der Waals surface area contributed by atoms with Gasteiger partial charge in [-0.05, 0) is 43.0 Å². The van der Waals surface area contributed by atoms with Gasteiger partial charge in [0.2, 0.25) is 0 Å². The van der Waals surface area contributed by atoms with Crippen LogP contribution in [0, 0.1) is 11.3 Å². The van der Waals surface area contributed by atoms with Gasteiger partial charge >= 0.3 is 0 Å². The van der Waals surface area contributed by atoms with Gasteiger partial charge in [-0.25, -0.2) is 0 Å². The lowest BCUT2D eigenvalue weighted by molar-refractivity contribution is 0.914. The molecular weight excluding hydrogens is 256 g/mol. The number of aromatic nitrogens is 3. The molecule has 3 heterocycles. The molecule has 0 amide bonds. The summed E-state index contributed by atoms with van der Waals surface area (Å²) in [4.78, 5) is 2.62. The minimum absolute atomic E-state index is 0.623. The van der Waals surface area contributed by atoms with E-state index in [-0.39, 0.29) is 0 Å². The second-order valence-corrected chi connectivity index (χ2v) is 5.83. The molecule has 0 spiro atoms. The van der Waals surface area contributed by atoms with Gasteiger partial charge in [-0.1, -0.05) is 0 Å². The van der Waals surface area contributed by atoms with Gasteiger partial charge in [0.1, 0.15) is 6.07 Å². The molecule has 0 aliphatic heterocycles. The van der Waals surface area contributed by atoms with E-state index in [9.17, 15) is 0 Å². The summed E-state index contributed by atoms with van der Waals surface area (Å²) in [6, 6.07) is 7.97. The monoisotopic (exact) mass is 266 g/mol. The van der Waals surface area contributed by atoms with Crippen molar-refractivity contribution in [1.29, 1.82) is 5.26 Å². The van der Waals surface area contributed by atoms with E-state index < -0.39 is 0 Å². The van der Waals surface area contributed by atoms with Gasteiger partial charge in [0.25, 0.3) is 0 Å². The molecule has 0 fully saturated rings. The topological polar surface area (TPSA) is 54.0 Å². The average Bonchev–Trinajstić information content (AvgIpc) is 3.10. The Morgan fingerprint density at radius 1 is 1.26 bits per heavy atom. The van der Waals surface area contributed by atoms with Crippen LogP contribution in [0.3, 0.4) is 0 Å². The normalized spacial score (nSPS) is 13.6. The zero-order valence-electron chi connectivity index (χ0n) is 10.1. The van der Waals surface area contributed by atoms with Crippen LogP contribution in [-0.4, -0.2) is 14.6 Å². The number of hydrogen-bond donors (Lipinski definition) is 0.